The number of amides is 1. The van der Waals surface area contributed by atoms with Crippen molar-refractivity contribution in [2.45, 2.75) is 13.3 Å². The summed E-state index contributed by atoms with van der Waals surface area (Å²) in [7, 11) is 1.88. The third-order valence-electron chi connectivity index (χ3n) is 3.09. The van der Waals surface area contributed by atoms with E-state index in [1.54, 1.807) is 16.8 Å². The number of aromatic nitrogens is 2. The average molecular weight is 299 g/mol. The molecule has 0 aliphatic rings. The molecule has 0 fully saturated rings. The van der Waals surface area contributed by atoms with Gasteiger partial charge in [0.1, 0.15) is 5.75 Å². The summed E-state index contributed by atoms with van der Waals surface area (Å²) in [5.74, 6) is 0.735. The predicted octanol–water partition coefficient (Wildman–Crippen LogP) is 2.19. The van der Waals surface area contributed by atoms with Crippen LogP contribution in [0.25, 0.3) is 6.08 Å². The zero-order valence-corrected chi connectivity index (χ0v) is 13.0. The van der Waals surface area contributed by atoms with Gasteiger partial charge in [-0.3, -0.25) is 9.48 Å². The fraction of sp³-hybridized carbons (Fsp3) is 0.294. The van der Waals surface area contributed by atoms with Crippen LogP contribution in [0.5, 0.6) is 5.75 Å². The van der Waals surface area contributed by atoms with Crippen molar-refractivity contribution in [3.05, 3.63) is 53.9 Å². The quantitative estimate of drug-likeness (QED) is 0.797. The molecule has 2 rings (SSSR count). The van der Waals surface area contributed by atoms with E-state index in [0.717, 1.165) is 23.3 Å². The molecule has 0 aliphatic carbocycles. The highest BCUT2D eigenvalue weighted by atomic mass is 16.5. The maximum absolute atomic E-state index is 11.7. The summed E-state index contributed by atoms with van der Waals surface area (Å²) >= 11 is 0. The van der Waals surface area contributed by atoms with Gasteiger partial charge in [-0.2, -0.15) is 5.10 Å². The van der Waals surface area contributed by atoms with Crippen LogP contribution in [0.4, 0.5) is 0 Å². The molecule has 0 unspecified atom stereocenters. The van der Waals surface area contributed by atoms with Crippen LogP contribution in [0.3, 0.4) is 0 Å². The van der Waals surface area contributed by atoms with Crippen molar-refractivity contribution < 1.29 is 9.53 Å². The molecule has 5 heteroatoms. The molecule has 0 saturated heterocycles. The van der Waals surface area contributed by atoms with Gasteiger partial charge in [-0.15, -0.1) is 0 Å². The van der Waals surface area contributed by atoms with Crippen LogP contribution >= 0.6 is 0 Å². The second-order valence-corrected chi connectivity index (χ2v) is 4.90. The third kappa shape index (κ3) is 5.09. The molecular weight excluding hydrogens is 278 g/mol. The molecule has 5 nitrogen and oxygen atoms in total. The lowest BCUT2D eigenvalue weighted by molar-refractivity contribution is -0.116. The summed E-state index contributed by atoms with van der Waals surface area (Å²) in [6, 6.07) is 7.63. The van der Waals surface area contributed by atoms with E-state index in [1.165, 1.54) is 0 Å². The first-order valence-electron chi connectivity index (χ1n) is 7.33. The smallest absolute Gasteiger partial charge is 0.244 e. The van der Waals surface area contributed by atoms with Gasteiger partial charge in [0, 0.05) is 25.9 Å². The maximum Gasteiger partial charge on any atom is 0.244 e. The Hall–Kier alpha value is -2.56. The predicted molar refractivity (Wildman–Crippen MR) is 86.6 cm³/mol. The Morgan fingerprint density at radius 2 is 2.14 bits per heavy atom. The molecule has 2 aromatic rings. The summed E-state index contributed by atoms with van der Waals surface area (Å²) in [5.41, 5.74) is 2.07. The Labute approximate surface area is 130 Å². The van der Waals surface area contributed by atoms with Crippen molar-refractivity contribution in [2.75, 3.05) is 13.2 Å². The lowest BCUT2D eigenvalue weighted by Crippen LogP contribution is -2.23. The molecule has 0 aliphatic heterocycles. The van der Waals surface area contributed by atoms with E-state index >= 15 is 0 Å². The molecule has 0 bridgehead atoms. The zero-order chi connectivity index (χ0) is 15.8. The lowest BCUT2D eigenvalue weighted by atomic mass is 10.2. The van der Waals surface area contributed by atoms with Crippen molar-refractivity contribution in [3.63, 3.8) is 0 Å². The van der Waals surface area contributed by atoms with Gasteiger partial charge >= 0.3 is 0 Å². The fourth-order valence-corrected chi connectivity index (χ4v) is 2.00. The summed E-state index contributed by atoms with van der Waals surface area (Å²) in [6.45, 7) is 3.19. The molecule has 0 spiro atoms. The first-order chi connectivity index (χ1) is 10.7. The van der Waals surface area contributed by atoms with Gasteiger partial charge in [0.15, 0.2) is 0 Å². The van der Waals surface area contributed by atoms with Crippen LogP contribution in [0.15, 0.2) is 42.7 Å². The van der Waals surface area contributed by atoms with Gasteiger partial charge in [-0.25, -0.2) is 0 Å². The molecule has 1 aromatic heterocycles. The number of ether oxygens (including phenoxy) is 1. The standard InChI is InChI=1S/C17H21N3O2/c1-3-22-16-7-4-14(5-8-16)6-9-17(21)18-11-10-15-12-19-20(2)13-15/h4-9,12-13H,3,10-11H2,1-2H3,(H,18,21)/b9-6+. The Morgan fingerprint density at radius 1 is 1.36 bits per heavy atom. The number of nitrogens with zero attached hydrogens (tertiary/aromatic N) is 2. The number of hydrogen-bond acceptors (Lipinski definition) is 3. The second kappa shape index (κ2) is 8.02. The van der Waals surface area contributed by atoms with Crippen LogP contribution in [0.1, 0.15) is 18.1 Å². The van der Waals surface area contributed by atoms with E-state index in [2.05, 4.69) is 10.4 Å². The van der Waals surface area contributed by atoms with Crippen LogP contribution < -0.4 is 10.1 Å². The number of carbonyl (C=O) groups is 1. The molecule has 0 atom stereocenters. The number of rotatable bonds is 7. The molecule has 1 amide bonds. The SMILES string of the molecule is CCOc1ccc(/C=C/C(=O)NCCc2cnn(C)c2)cc1. The number of carbonyl (C=O) groups excluding carboxylic acids is 1. The molecule has 116 valence electrons. The van der Waals surface area contributed by atoms with E-state index in [4.69, 9.17) is 4.74 Å². The first-order valence-corrected chi connectivity index (χ1v) is 7.33. The van der Waals surface area contributed by atoms with Crippen LogP contribution in [-0.4, -0.2) is 28.8 Å². The summed E-state index contributed by atoms with van der Waals surface area (Å²) < 4.78 is 7.13. The molecule has 0 saturated carbocycles. The third-order valence-corrected chi connectivity index (χ3v) is 3.09. The molecule has 22 heavy (non-hydrogen) atoms. The Bertz CT molecular complexity index is 630. The minimum absolute atomic E-state index is 0.0993. The molecule has 1 heterocycles. The topological polar surface area (TPSA) is 56.1 Å². The van der Waals surface area contributed by atoms with Gasteiger partial charge in [-0.1, -0.05) is 12.1 Å². The Morgan fingerprint density at radius 3 is 2.77 bits per heavy atom. The van der Waals surface area contributed by atoms with E-state index < -0.39 is 0 Å². The van der Waals surface area contributed by atoms with Crippen LogP contribution in [0, 0.1) is 0 Å². The number of nitrogens with one attached hydrogen (secondary N) is 1. The number of aryl methyl sites for hydroxylation is 1. The zero-order valence-electron chi connectivity index (χ0n) is 13.0. The minimum Gasteiger partial charge on any atom is -0.494 e. The average Bonchev–Trinajstić information content (AvgIpc) is 2.92. The van der Waals surface area contributed by atoms with E-state index in [-0.39, 0.29) is 5.91 Å². The van der Waals surface area contributed by atoms with Crippen molar-refractivity contribution in [1.29, 1.82) is 0 Å². The molecule has 1 aromatic carbocycles. The van der Waals surface area contributed by atoms with Gasteiger partial charge in [-0.05, 0) is 42.7 Å². The number of benzene rings is 1. The molecule has 0 radical (unpaired) electrons. The Balaban J connectivity index is 1.75. The van der Waals surface area contributed by atoms with Crippen molar-refractivity contribution >= 4 is 12.0 Å². The summed E-state index contributed by atoms with van der Waals surface area (Å²) in [6.07, 6.45) is 7.86. The first kappa shape index (κ1) is 15.8. The summed E-state index contributed by atoms with van der Waals surface area (Å²) in [4.78, 5) is 11.7. The fourth-order valence-electron chi connectivity index (χ4n) is 2.00. The minimum atomic E-state index is -0.0993. The molecule has 1 N–H and O–H groups in total. The van der Waals surface area contributed by atoms with Gasteiger partial charge in [0.25, 0.3) is 0 Å². The Kier molecular flexibility index (Phi) is 5.77. The van der Waals surface area contributed by atoms with Gasteiger partial charge in [0.2, 0.25) is 5.91 Å². The van der Waals surface area contributed by atoms with Gasteiger partial charge in [0.05, 0.1) is 12.8 Å². The van der Waals surface area contributed by atoms with Crippen LogP contribution in [-0.2, 0) is 18.3 Å². The highest BCUT2D eigenvalue weighted by molar-refractivity contribution is 5.91. The van der Waals surface area contributed by atoms with E-state index in [1.807, 2.05) is 50.6 Å². The van der Waals surface area contributed by atoms with E-state index in [0.29, 0.717) is 13.2 Å². The maximum atomic E-state index is 11.7. The monoisotopic (exact) mass is 299 g/mol. The van der Waals surface area contributed by atoms with E-state index in [9.17, 15) is 4.79 Å². The summed E-state index contributed by atoms with van der Waals surface area (Å²) in [5, 5.41) is 6.95. The second-order valence-electron chi connectivity index (χ2n) is 4.90. The van der Waals surface area contributed by atoms with Crippen molar-refractivity contribution in [3.8, 4) is 5.75 Å². The highest BCUT2D eigenvalue weighted by Gasteiger charge is 1.98. The van der Waals surface area contributed by atoms with Crippen molar-refractivity contribution in [1.82, 2.24) is 15.1 Å². The highest BCUT2D eigenvalue weighted by Crippen LogP contribution is 2.12. The molecular formula is C17H21N3O2. The lowest BCUT2D eigenvalue weighted by Gasteiger charge is -2.02. The largest absolute Gasteiger partial charge is 0.494 e. The van der Waals surface area contributed by atoms with Gasteiger partial charge < -0.3 is 10.1 Å². The normalized spacial score (nSPS) is 10.8. The van der Waals surface area contributed by atoms with Crippen LogP contribution in [0.2, 0.25) is 0 Å². The number of hydrogen-bond donors (Lipinski definition) is 1. The van der Waals surface area contributed by atoms with Crippen molar-refractivity contribution in [2.24, 2.45) is 7.05 Å².